The second-order valence-corrected chi connectivity index (χ2v) is 6.37. The normalized spacial score (nSPS) is 22.1. The highest BCUT2D eigenvalue weighted by molar-refractivity contribution is 9.10. The van der Waals surface area contributed by atoms with Crippen molar-refractivity contribution in [3.63, 3.8) is 0 Å². The van der Waals surface area contributed by atoms with Crippen LogP contribution in [0.4, 0.5) is 0 Å². The summed E-state index contributed by atoms with van der Waals surface area (Å²) in [6, 6.07) is 18.0. The molecule has 106 valence electrons. The first-order chi connectivity index (χ1) is 10.2. The second-order valence-electron chi connectivity index (χ2n) is 5.52. The Bertz CT molecular complexity index is 706. The number of hydrogen-bond acceptors (Lipinski definition) is 2. The van der Waals surface area contributed by atoms with E-state index >= 15 is 0 Å². The zero-order valence-electron chi connectivity index (χ0n) is 11.6. The smallest absolute Gasteiger partial charge is 0.112 e. The Labute approximate surface area is 133 Å². The van der Waals surface area contributed by atoms with Gasteiger partial charge in [-0.05, 0) is 42.0 Å². The van der Waals surface area contributed by atoms with E-state index in [0.29, 0.717) is 6.42 Å². The van der Waals surface area contributed by atoms with Gasteiger partial charge in [-0.25, -0.2) is 0 Å². The van der Waals surface area contributed by atoms with Gasteiger partial charge < -0.3 is 5.11 Å². The standard InChI is InChI=1S/C18H16BrNO/c19-16-10-4-2-8-14(16)17(21)18(12-20)11-5-7-13-6-1-3-9-15(13)18/h1-4,6,8-10,17,21H,5,7,11H2. The van der Waals surface area contributed by atoms with Crippen LogP contribution in [0.3, 0.4) is 0 Å². The molecule has 0 saturated carbocycles. The molecular formula is C18H16BrNO. The third-order valence-electron chi connectivity index (χ3n) is 4.38. The Kier molecular flexibility index (Phi) is 3.84. The Balaban J connectivity index is 2.15. The molecule has 1 N–H and O–H groups in total. The van der Waals surface area contributed by atoms with Crippen LogP contribution in [0.1, 0.15) is 35.6 Å². The van der Waals surface area contributed by atoms with Crippen LogP contribution in [0, 0.1) is 11.3 Å². The lowest BCUT2D eigenvalue weighted by molar-refractivity contribution is 0.0989. The molecule has 3 heteroatoms. The Morgan fingerprint density at radius 3 is 2.62 bits per heavy atom. The first-order valence-corrected chi connectivity index (χ1v) is 7.90. The van der Waals surface area contributed by atoms with Gasteiger partial charge in [-0.15, -0.1) is 0 Å². The Hall–Kier alpha value is -1.63. The van der Waals surface area contributed by atoms with Crippen molar-refractivity contribution in [1.29, 1.82) is 5.26 Å². The van der Waals surface area contributed by atoms with Crippen LogP contribution in [-0.4, -0.2) is 5.11 Å². The van der Waals surface area contributed by atoms with E-state index in [1.807, 2.05) is 42.5 Å². The minimum Gasteiger partial charge on any atom is -0.386 e. The van der Waals surface area contributed by atoms with E-state index in [0.717, 1.165) is 28.4 Å². The number of nitriles is 1. The molecule has 1 aliphatic rings. The Morgan fingerprint density at radius 2 is 1.86 bits per heavy atom. The first-order valence-electron chi connectivity index (χ1n) is 7.11. The molecule has 2 aromatic rings. The molecule has 2 atom stereocenters. The molecule has 1 aliphatic carbocycles. The highest BCUT2D eigenvalue weighted by atomic mass is 79.9. The summed E-state index contributed by atoms with van der Waals surface area (Å²) in [4.78, 5) is 0. The molecule has 2 nitrogen and oxygen atoms in total. The number of fused-ring (bicyclic) bond motifs is 1. The van der Waals surface area contributed by atoms with E-state index in [2.05, 4.69) is 28.1 Å². The van der Waals surface area contributed by atoms with Crippen molar-refractivity contribution in [2.75, 3.05) is 0 Å². The number of hydrogen-bond donors (Lipinski definition) is 1. The molecule has 0 fully saturated rings. The summed E-state index contributed by atoms with van der Waals surface area (Å²) in [5.41, 5.74) is 2.06. The van der Waals surface area contributed by atoms with Gasteiger partial charge in [0.25, 0.3) is 0 Å². The summed E-state index contributed by atoms with van der Waals surface area (Å²) >= 11 is 3.49. The van der Waals surface area contributed by atoms with E-state index in [1.54, 1.807) is 0 Å². The average Bonchev–Trinajstić information content (AvgIpc) is 2.54. The van der Waals surface area contributed by atoms with Crippen molar-refractivity contribution < 1.29 is 5.11 Å². The Morgan fingerprint density at radius 1 is 1.14 bits per heavy atom. The largest absolute Gasteiger partial charge is 0.386 e. The molecular weight excluding hydrogens is 326 g/mol. The van der Waals surface area contributed by atoms with Crippen molar-refractivity contribution in [1.82, 2.24) is 0 Å². The first kappa shape index (κ1) is 14.3. The fourth-order valence-corrected chi connectivity index (χ4v) is 3.79. The lowest BCUT2D eigenvalue weighted by Crippen LogP contribution is -2.36. The van der Waals surface area contributed by atoms with Gasteiger partial charge in [0.05, 0.1) is 6.07 Å². The number of aryl methyl sites for hydroxylation is 1. The van der Waals surface area contributed by atoms with E-state index in [-0.39, 0.29) is 0 Å². The van der Waals surface area contributed by atoms with Crippen molar-refractivity contribution in [3.05, 3.63) is 69.7 Å². The third kappa shape index (κ3) is 2.29. The fraction of sp³-hybridized carbons (Fsp3) is 0.278. The predicted molar refractivity (Wildman–Crippen MR) is 85.8 cm³/mol. The summed E-state index contributed by atoms with van der Waals surface area (Å²) < 4.78 is 0.843. The van der Waals surface area contributed by atoms with E-state index in [9.17, 15) is 10.4 Å². The number of halogens is 1. The lowest BCUT2D eigenvalue weighted by atomic mass is 9.66. The molecule has 0 amide bonds. The number of rotatable bonds is 2. The number of nitrogens with zero attached hydrogens (tertiary/aromatic N) is 1. The van der Waals surface area contributed by atoms with Crippen molar-refractivity contribution in [2.24, 2.45) is 0 Å². The molecule has 0 bridgehead atoms. The molecule has 0 radical (unpaired) electrons. The van der Waals surface area contributed by atoms with Crippen LogP contribution >= 0.6 is 15.9 Å². The maximum atomic E-state index is 11.0. The summed E-state index contributed by atoms with van der Waals surface area (Å²) in [7, 11) is 0. The van der Waals surface area contributed by atoms with Crippen molar-refractivity contribution in [2.45, 2.75) is 30.8 Å². The minimum atomic E-state index is -0.862. The minimum absolute atomic E-state index is 0.684. The van der Waals surface area contributed by atoms with Crippen LogP contribution in [0.2, 0.25) is 0 Å². The second kappa shape index (κ2) is 5.63. The molecule has 0 saturated heterocycles. The van der Waals surface area contributed by atoms with Gasteiger partial charge in [0.1, 0.15) is 11.5 Å². The molecule has 21 heavy (non-hydrogen) atoms. The van der Waals surface area contributed by atoms with Gasteiger partial charge in [-0.3, -0.25) is 0 Å². The van der Waals surface area contributed by atoms with E-state index < -0.39 is 11.5 Å². The van der Waals surface area contributed by atoms with Gasteiger partial charge in [-0.1, -0.05) is 58.4 Å². The maximum absolute atomic E-state index is 11.0. The van der Waals surface area contributed by atoms with Crippen molar-refractivity contribution in [3.8, 4) is 6.07 Å². The van der Waals surface area contributed by atoms with Gasteiger partial charge in [0, 0.05) is 4.47 Å². The topological polar surface area (TPSA) is 44.0 Å². The molecule has 3 rings (SSSR count). The van der Waals surface area contributed by atoms with Gasteiger partial charge in [0.2, 0.25) is 0 Å². The average molecular weight is 342 g/mol. The van der Waals surface area contributed by atoms with Gasteiger partial charge in [0.15, 0.2) is 0 Å². The summed E-state index contributed by atoms with van der Waals surface area (Å²) in [5, 5.41) is 20.9. The van der Waals surface area contributed by atoms with Crippen LogP contribution in [0.5, 0.6) is 0 Å². The summed E-state index contributed by atoms with van der Waals surface area (Å²) in [6.45, 7) is 0. The van der Waals surface area contributed by atoms with Gasteiger partial charge >= 0.3 is 0 Å². The van der Waals surface area contributed by atoms with Gasteiger partial charge in [-0.2, -0.15) is 5.26 Å². The van der Waals surface area contributed by atoms with Crippen LogP contribution in [0.15, 0.2) is 53.0 Å². The zero-order valence-corrected chi connectivity index (χ0v) is 13.2. The quantitative estimate of drug-likeness (QED) is 0.885. The lowest BCUT2D eigenvalue weighted by Gasteiger charge is -2.37. The molecule has 0 aliphatic heterocycles. The number of aliphatic hydroxyl groups is 1. The van der Waals surface area contributed by atoms with E-state index in [4.69, 9.17) is 0 Å². The maximum Gasteiger partial charge on any atom is 0.112 e. The fourth-order valence-electron chi connectivity index (χ4n) is 3.29. The number of aliphatic hydroxyl groups excluding tert-OH is 1. The molecule has 2 unspecified atom stereocenters. The molecule has 0 spiro atoms. The summed E-state index contributed by atoms with van der Waals surface area (Å²) in [6.07, 6.45) is 1.75. The molecule has 0 aromatic heterocycles. The zero-order chi connectivity index (χ0) is 14.9. The van der Waals surface area contributed by atoms with Crippen LogP contribution in [-0.2, 0) is 11.8 Å². The van der Waals surface area contributed by atoms with E-state index in [1.165, 1.54) is 5.56 Å². The summed E-state index contributed by atoms with van der Waals surface area (Å²) in [5.74, 6) is 0. The predicted octanol–water partition coefficient (Wildman–Crippen LogP) is 4.28. The monoisotopic (exact) mass is 341 g/mol. The molecule has 2 aromatic carbocycles. The third-order valence-corrected chi connectivity index (χ3v) is 5.10. The van der Waals surface area contributed by atoms with Crippen LogP contribution < -0.4 is 0 Å². The SMILES string of the molecule is N#CC1(C(O)c2ccccc2Br)CCCc2ccccc21. The number of benzene rings is 2. The van der Waals surface area contributed by atoms with Crippen LogP contribution in [0.25, 0.3) is 0 Å². The molecule has 0 heterocycles. The van der Waals surface area contributed by atoms with Crippen molar-refractivity contribution >= 4 is 15.9 Å². The highest BCUT2D eigenvalue weighted by Crippen LogP contribution is 2.46. The highest BCUT2D eigenvalue weighted by Gasteiger charge is 2.44.